The van der Waals surface area contributed by atoms with Gasteiger partial charge >= 0.3 is 5.97 Å². The van der Waals surface area contributed by atoms with Crippen LogP contribution in [-0.4, -0.2) is 75.9 Å². The van der Waals surface area contributed by atoms with E-state index in [4.69, 9.17) is 25.5 Å². The summed E-state index contributed by atoms with van der Waals surface area (Å²) >= 11 is 0. The van der Waals surface area contributed by atoms with E-state index in [-0.39, 0.29) is 5.97 Å². The van der Waals surface area contributed by atoms with Crippen LogP contribution in [0.1, 0.15) is 10.4 Å². The predicted molar refractivity (Wildman–Crippen MR) is 73.8 cm³/mol. The lowest BCUT2D eigenvalue weighted by atomic mass is 10.00. The van der Waals surface area contributed by atoms with Crippen molar-refractivity contribution in [3.8, 4) is 0 Å². The number of hydrogen-bond donors (Lipinski definition) is 5. The Labute approximate surface area is 127 Å². The zero-order valence-electron chi connectivity index (χ0n) is 11.9. The maximum Gasteiger partial charge on any atom is 0.337 e. The van der Waals surface area contributed by atoms with Gasteiger partial charge in [-0.3, -0.25) is 0 Å². The van der Waals surface area contributed by atoms with Crippen LogP contribution in [0.5, 0.6) is 0 Å². The lowest BCUT2D eigenvalue weighted by Crippen LogP contribution is -2.58. The second-order valence-electron chi connectivity index (χ2n) is 4.58. The number of esters is 1. The highest BCUT2D eigenvalue weighted by Gasteiger charge is 2.42. The van der Waals surface area contributed by atoms with Gasteiger partial charge in [-0.2, -0.15) is 0 Å². The lowest BCUT2D eigenvalue weighted by molar-refractivity contribution is -0.286. The Hall–Kier alpha value is -1.55. The molecule has 2 rings (SSSR count). The monoisotopic (exact) mass is 316 g/mol. The smallest absolute Gasteiger partial charge is 0.337 e. The molecule has 0 aliphatic carbocycles. The summed E-state index contributed by atoms with van der Waals surface area (Å²) in [5, 5.41) is 44.7. The number of benzene rings is 1. The fraction of sp³-hybridized carbons (Fsp3) is 0.500. The first-order valence-corrected chi connectivity index (χ1v) is 6.54. The van der Waals surface area contributed by atoms with Crippen LogP contribution < -0.4 is 0 Å². The van der Waals surface area contributed by atoms with Crippen molar-refractivity contribution in [2.45, 2.75) is 30.7 Å². The summed E-state index contributed by atoms with van der Waals surface area (Å²) in [4.78, 5) is 10.8. The van der Waals surface area contributed by atoms with E-state index in [9.17, 15) is 4.79 Å². The van der Waals surface area contributed by atoms with Gasteiger partial charge in [0.05, 0.1) is 19.3 Å². The van der Waals surface area contributed by atoms with Crippen molar-refractivity contribution in [3.63, 3.8) is 0 Å². The van der Waals surface area contributed by atoms with Gasteiger partial charge in [-0.1, -0.05) is 18.2 Å². The van der Waals surface area contributed by atoms with Crippen LogP contribution in [0.25, 0.3) is 0 Å². The molecule has 0 saturated carbocycles. The second-order valence-corrected chi connectivity index (χ2v) is 4.58. The highest BCUT2D eigenvalue weighted by molar-refractivity contribution is 5.89. The van der Waals surface area contributed by atoms with Gasteiger partial charge in [0.1, 0.15) is 24.4 Å². The Morgan fingerprint density at radius 1 is 1.09 bits per heavy atom. The number of methoxy groups -OCH3 is 1. The molecular formula is C14H20O8. The number of aliphatic hydroxyl groups excluding tert-OH is 5. The molecule has 0 amide bonds. The van der Waals surface area contributed by atoms with E-state index < -0.39 is 37.3 Å². The zero-order valence-corrected chi connectivity index (χ0v) is 11.9. The van der Waals surface area contributed by atoms with Gasteiger partial charge in [0.15, 0.2) is 6.29 Å². The fourth-order valence-electron chi connectivity index (χ4n) is 1.77. The van der Waals surface area contributed by atoms with Gasteiger partial charge in [0.25, 0.3) is 0 Å². The molecule has 1 fully saturated rings. The Kier molecular flexibility index (Phi) is 7.39. The van der Waals surface area contributed by atoms with Crippen molar-refractivity contribution in [1.82, 2.24) is 0 Å². The summed E-state index contributed by atoms with van der Waals surface area (Å²) in [5.74, 6) is -0.291. The molecule has 0 aromatic heterocycles. The first-order valence-electron chi connectivity index (χ1n) is 6.54. The minimum absolute atomic E-state index is 0.291. The van der Waals surface area contributed by atoms with E-state index in [1.807, 2.05) is 6.07 Å². The maximum absolute atomic E-state index is 10.8. The van der Waals surface area contributed by atoms with Crippen molar-refractivity contribution in [2.24, 2.45) is 0 Å². The minimum atomic E-state index is -1.57. The molecule has 5 atom stereocenters. The molecule has 1 unspecified atom stereocenters. The summed E-state index contributed by atoms with van der Waals surface area (Å²) < 4.78 is 9.07. The quantitative estimate of drug-likeness (QED) is 0.405. The van der Waals surface area contributed by atoms with E-state index in [2.05, 4.69) is 9.47 Å². The Bertz CT molecular complexity index is 447. The average molecular weight is 316 g/mol. The van der Waals surface area contributed by atoms with Crippen molar-refractivity contribution in [3.05, 3.63) is 35.9 Å². The summed E-state index contributed by atoms with van der Waals surface area (Å²) in [7, 11) is 1.37. The molecule has 1 saturated heterocycles. The second kappa shape index (κ2) is 8.79. The first kappa shape index (κ1) is 18.5. The van der Waals surface area contributed by atoms with Crippen molar-refractivity contribution < 1.29 is 39.8 Å². The molecule has 1 aliphatic heterocycles. The molecule has 1 aromatic rings. The van der Waals surface area contributed by atoms with Crippen LogP contribution >= 0.6 is 0 Å². The molecule has 1 aromatic carbocycles. The first-order chi connectivity index (χ1) is 10.4. The highest BCUT2D eigenvalue weighted by atomic mass is 16.6. The molecule has 0 radical (unpaired) electrons. The molecular weight excluding hydrogens is 296 g/mol. The molecule has 1 heterocycles. The Morgan fingerprint density at radius 2 is 1.68 bits per heavy atom. The van der Waals surface area contributed by atoms with Gasteiger partial charge in [0.2, 0.25) is 0 Å². The molecule has 8 heteroatoms. The van der Waals surface area contributed by atoms with E-state index in [1.54, 1.807) is 24.3 Å². The number of carbonyl (C=O) groups excluding carboxylic acids is 1. The van der Waals surface area contributed by atoms with Gasteiger partial charge in [0, 0.05) is 0 Å². The van der Waals surface area contributed by atoms with Crippen molar-refractivity contribution >= 4 is 5.97 Å². The van der Waals surface area contributed by atoms with Crippen LogP contribution in [0.4, 0.5) is 0 Å². The molecule has 0 bridgehead atoms. The average Bonchev–Trinajstić information content (AvgIpc) is 2.56. The summed E-state index contributed by atoms with van der Waals surface area (Å²) in [6, 6.07) is 8.88. The molecule has 5 N–H and O–H groups in total. The van der Waals surface area contributed by atoms with Gasteiger partial charge in [-0.15, -0.1) is 0 Å². The highest BCUT2D eigenvalue weighted by Crippen LogP contribution is 2.18. The maximum atomic E-state index is 10.8. The van der Waals surface area contributed by atoms with E-state index >= 15 is 0 Å². The molecule has 22 heavy (non-hydrogen) atoms. The fourth-order valence-corrected chi connectivity index (χ4v) is 1.77. The Balaban J connectivity index is 0.000000224. The van der Waals surface area contributed by atoms with Crippen LogP contribution in [0.15, 0.2) is 30.3 Å². The summed E-state index contributed by atoms with van der Waals surface area (Å²) in [5.41, 5.74) is 0.588. The largest absolute Gasteiger partial charge is 0.465 e. The number of hydrogen-bond acceptors (Lipinski definition) is 8. The van der Waals surface area contributed by atoms with Crippen LogP contribution in [0.3, 0.4) is 0 Å². The van der Waals surface area contributed by atoms with Gasteiger partial charge < -0.3 is 35.0 Å². The molecule has 124 valence electrons. The minimum Gasteiger partial charge on any atom is -0.465 e. The standard InChI is InChI=1S/C8H8O2.C6H12O6/c1-10-8(9)7-5-3-2-4-6-7;7-1-2-3(8)4(9)5(10)6(11)12-2/h2-6H,1H3;2-11H,1H2/t;2-,3-,4+,5-,6?/m.1/s1. The summed E-state index contributed by atoms with van der Waals surface area (Å²) in [6.07, 6.45) is -7.04. The van der Waals surface area contributed by atoms with Gasteiger partial charge in [-0.25, -0.2) is 4.79 Å². The topological polar surface area (TPSA) is 137 Å². The van der Waals surface area contributed by atoms with Crippen LogP contribution in [0.2, 0.25) is 0 Å². The van der Waals surface area contributed by atoms with Crippen LogP contribution in [0, 0.1) is 0 Å². The van der Waals surface area contributed by atoms with E-state index in [0.29, 0.717) is 5.56 Å². The predicted octanol–water partition coefficient (Wildman–Crippen LogP) is -1.75. The van der Waals surface area contributed by atoms with E-state index in [1.165, 1.54) is 7.11 Å². The number of aliphatic hydroxyl groups is 5. The molecule has 1 aliphatic rings. The number of carbonyl (C=O) groups is 1. The third-order valence-electron chi connectivity index (χ3n) is 3.06. The number of ether oxygens (including phenoxy) is 2. The molecule has 8 nitrogen and oxygen atoms in total. The zero-order chi connectivity index (χ0) is 16.7. The van der Waals surface area contributed by atoms with Crippen LogP contribution in [-0.2, 0) is 9.47 Å². The van der Waals surface area contributed by atoms with Crippen molar-refractivity contribution in [2.75, 3.05) is 13.7 Å². The number of rotatable bonds is 2. The Morgan fingerprint density at radius 3 is 2.18 bits per heavy atom. The summed E-state index contributed by atoms with van der Waals surface area (Å²) in [6.45, 7) is -0.526. The lowest BCUT2D eigenvalue weighted by Gasteiger charge is -2.37. The molecule has 0 spiro atoms. The van der Waals surface area contributed by atoms with E-state index in [0.717, 1.165) is 0 Å². The third kappa shape index (κ3) is 4.73. The van der Waals surface area contributed by atoms with Gasteiger partial charge in [-0.05, 0) is 12.1 Å². The SMILES string of the molecule is COC(=O)c1ccccc1.OC[C@H]1OC(O)[C@H](O)[C@@H](O)[C@@H]1O. The third-order valence-corrected chi connectivity index (χ3v) is 3.06. The normalized spacial score (nSPS) is 30.9. The van der Waals surface area contributed by atoms with Crippen molar-refractivity contribution in [1.29, 1.82) is 0 Å².